The molecule has 0 unspecified atom stereocenters. The third kappa shape index (κ3) is 2.69. The van der Waals surface area contributed by atoms with Crippen LogP contribution in [0, 0.1) is 11.6 Å². The van der Waals surface area contributed by atoms with Crippen molar-refractivity contribution in [1.82, 2.24) is 10.2 Å². The van der Waals surface area contributed by atoms with Gasteiger partial charge in [0.05, 0.1) is 0 Å². The van der Waals surface area contributed by atoms with E-state index in [1.165, 1.54) is 0 Å². The van der Waals surface area contributed by atoms with Crippen LogP contribution in [0.5, 0.6) is 0 Å². The average molecular weight is 321 g/mol. The Morgan fingerprint density at radius 3 is 2.33 bits per heavy atom. The molecule has 0 aliphatic carbocycles. The summed E-state index contributed by atoms with van der Waals surface area (Å²) in [5, 5.41) is 5.75. The van der Waals surface area contributed by atoms with Gasteiger partial charge in [-0.3, -0.25) is 0 Å². The Balaban J connectivity index is 1.86. The van der Waals surface area contributed by atoms with Crippen LogP contribution in [0.3, 0.4) is 0 Å². The van der Waals surface area contributed by atoms with Crippen LogP contribution in [-0.4, -0.2) is 16.7 Å². The first-order valence-corrected chi connectivity index (χ1v) is 6.78. The number of aromatic nitrogens is 2. The molecular weight excluding hydrogens is 313 g/mol. The van der Waals surface area contributed by atoms with Gasteiger partial charge in [0.1, 0.15) is 0 Å². The zero-order valence-electron chi connectivity index (χ0n) is 10.4. The second-order valence-corrected chi connectivity index (χ2v) is 5.55. The Kier molecular flexibility index (Phi) is 3.31. The van der Waals surface area contributed by atoms with E-state index in [1.807, 2.05) is 0 Å². The van der Waals surface area contributed by atoms with E-state index in [2.05, 4.69) is 10.2 Å². The molecule has 1 aromatic heterocycles. The maximum Gasteiger partial charge on any atom is 0.445 e. The van der Waals surface area contributed by atoms with Gasteiger partial charge in [0.2, 0.25) is 10.1 Å². The molecule has 0 spiro atoms. The van der Waals surface area contributed by atoms with Gasteiger partial charge >= 0.3 is 6.18 Å². The lowest BCUT2D eigenvalue weighted by Crippen LogP contribution is -2.30. The summed E-state index contributed by atoms with van der Waals surface area (Å²) in [7, 11) is 0. The fourth-order valence-electron chi connectivity index (χ4n) is 2.17. The molecule has 3 nitrogen and oxygen atoms in total. The lowest BCUT2D eigenvalue weighted by Gasteiger charge is -2.28. The summed E-state index contributed by atoms with van der Waals surface area (Å²) in [4.78, 5) is 1.58. The summed E-state index contributed by atoms with van der Waals surface area (Å²) in [6.45, 7) is 0.559. The third-order valence-corrected chi connectivity index (χ3v) is 4.21. The lowest BCUT2D eigenvalue weighted by atomic mass is 10.00. The second kappa shape index (κ2) is 4.90. The lowest BCUT2D eigenvalue weighted by molar-refractivity contribution is -0.138. The van der Waals surface area contributed by atoms with Gasteiger partial charge in [0.25, 0.3) is 0 Å². The van der Waals surface area contributed by atoms with Crippen molar-refractivity contribution in [3.8, 4) is 0 Å². The topological polar surface area (TPSA) is 29.0 Å². The summed E-state index contributed by atoms with van der Waals surface area (Å²) in [6, 6.07) is 2.20. The summed E-state index contributed by atoms with van der Waals surface area (Å²) in [5.41, 5.74) is 1.20. The number of halogens is 5. The van der Waals surface area contributed by atoms with Crippen molar-refractivity contribution in [2.24, 2.45) is 0 Å². The highest BCUT2D eigenvalue weighted by Crippen LogP contribution is 2.35. The summed E-state index contributed by atoms with van der Waals surface area (Å²) in [5.74, 6) is -1.89. The van der Waals surface area contributed by atoms with Crippen LogP contribution < -0.4 is 4.90 Å². The Labute approximate surface area is 120 Å². The van der Waals surface area contributed by atoms with Gasteiger partial charge in [-0.2, -0.15) is 13.2 Å². The van der Waals surface area contributed by atoms with Crippen LogP contribution in [0.4, 0.5) is 27.1 Å². The van der Waals surface area contributed by atoms with E-state index >= 15 is 0 Å². The van der Waals surface area contributed by atoms with Crippen molar-refractivity contribution in [3.63, 3.8) is 0 Å². The Bertz CT molecular complexity index is 682. The Hall–Kier alpha value is -1.77. The molecule has 0 saturated heterocycles. The second-order valence-electron chi connectivity index (χ2n) is 4.59. The van der Waals surface area contributed by atoms with Crippen LogP contribution in [0.1, 0.15) is 16.1 Å². The van der Waals surface area contributed by atoms with E-state index < -0.39 is 22.8 Å². The number of fused-ring (bicyclic) bond motifs is 1. The fourth-order valence-corrected chi connectivity index (χ4v) is 2.91. The zero-order chi connectivity index (χ0) is 15.2. The van der Waals surface area contributed by atoms with Gasteiger partial charge < -0.3 is 4.90 Å². The highest BCUT2D eigenvalue weighted by molar-refractivity contribution is 7.15. The molecule has 1 aliphatic rings. The SMILES string of the molecule is Fc1cc2c(cc1F)CN(c1nnc(C(F)(F)F)s1)CC2. The van der Waals surface area contributed by atoms with E-state index in [1.54, 1.807) is 4.90 Å². The third-order valence-electron chi connectivity index (χ3n) is 3.18. The van der Waals surface area contributed by atoms with Crippen molar-refractivity contribution in [2.45, 2.75) is 19.1 Å². The minimum absolute atomic E-state index is 0.123. The minimum Gasteiger partial charge on any atom is -0.342 e. The van der Waals surface area contributed by atoms with Crippen molar-refractivity contribution in [3.05, 3.63) is 39.9 Å². The van der Waals surface area contributed by atoms with Crippen LogP contribution in [-0.2, 0) is 19.1 Å². The maximum absolute atomic E-state index is 13.2. The first-order chi connectivity index (χ1) is 9.84. The van der Waals surface area contributed by atoms with E-state index in [0.29, 0.717) is 35.4 Å². The smallest absolute Gasteiger partial charge is 0.342 e. The van der Waals surface area contributed by atoms with Crippen molar-refractivity contribution < 1.29 is 22.0 Å². The highest BCUT2D eigenvalue weighted by atomic mass is 32.1. The summed E-state index contributed by atoms with van der Waals surface area (Å²) < 4.78 is 63.9. The molecule has 0 bridgehead atoms. The first kappa shape index (κ1) is 14.2. The molecule has 0 amide bonds. The maximum atomic E-state index is 13.2. The number of hydrogen-bond acceptors (Lipinski definition) is 4. The molecule has 0 saturated carbocycles. The minimum atomic E-state index is -4.53. The molecule has 2 heterocycles. The molecule has 1 aliphatic heterocycles. The molecule has 0 radical (unpaired) electrons. The van der Waals surface area contributed by atoms with Crippen molar-refractivity contribution in [1.29, 1.82) is 0 Å². The monoisotopic (exact) mass is 321 g/mol. The van der Waals surface area contributed by atoms with Crippen molar-refractivity contribution in [2.75, 3.05) is 11.4 Å². The van der Waals surface area contributed by atoms with Crippen LogP contribution in [0.15, 0.2) is 12.1 Å². The predicted molar refractivity (Wildman–Crippen MR) is 66.0 cm³/mol. The number of alkyl halides is 3. The van der Waals surface area contributed by atoms with Gasteiger partial charge in [0.15, 0.2) is 11.6 Å². The van der Waals surface area contributed by atoms with Crippen LogP contribution >= 0.6 is 11.3 Å². The van der Waals surface area contributed by atoms with E-state index in [-0.39, 0.29) is 11.7 Å². The summed E-state index contributed by atoms with van der Waals surface area (Å²) >= 11 is 0.439. The molecule has 1 aromatic carbocycles. The quantitative estimate of drug-likeness (QED) is 0.754. The van der Waals surface area contributed by atoms with Gasteiger partial charge in [-0.05, 0) is 29.7 Å². The van der Waals surface area contributed by atoms with Crippen LogP contribution in [0.2, 0.25) is 0 Å². The predicted octanol–water partition coefficient (Wildman–Crippen LogP) is 3.40. The Morgan fingerprint density at radius 1 is 1.05 bits per heavy atom. The van der Waals surface area contributed by atoms with E-state index in [0.717, 1.165) is 12.1 Å². The number of hydrogen-bond donors (Lipinski definition) is 0. The van der Waals surface area contributed by atoms with Gasteiger partial charge in [-0.25, -0.2) is 8.78 Å². The molecular formula is C12H8F5N3S. The molecule has 21 heavy (non-hydrogen) atoms. The van der Waals surface area contributed by atoms with E-state index in [4.69, 9.17) is 0 Å². The molecule has 3 rings (SSSR count). The summed E-state index contributed by atoms with van der Waals surface area (Å²) in [6.07, 6.45) is -4.12. The van der Waals surface area contributed by atoms with E-state index in [9.17, 15) is 22.0 Å². The van der Waals surface area contributed by atoms with Gasteiger partial charge in [-0.15, -0.1) is 10.2 Å². The molecule has 2 aromatic rings. The first-order valence-electron chi connectivity index (χ1n) is 5.97. The molecule has 9 heteroatoms. The largest absolute Gasteiger partial charge is 0.445 e. The molecule has 0 N–H and O–H groups in total. The highest BCUT2D eigenvalue weighted by Gasteiger charge is 2.36. The zero-order valence-corrected chi connectivity index (χ0v) is 11.2. The standard InChI is InChI=1S/C12H8F5N3S/c13-8-3-6-1-2-20(5-7(6)4-9(8)14)11-19-18-10(21-11)12(15,16)17/h3-4H,1-2,5H2. The molecule has 0 atom stereocenters. The number of benzene rings is 1. The molecule has 0 fully saturated rings. The van der Waals surface area contributed by atoms with Crippen molar-refractivity contribution >= 4 is 16.5 Å². The Morgan fingerprint density at radius 2 is 1.71 bits per heavy atom. The number of anilines is 1. The van der Waals surface area contributed by atoms with Crippen LogP contribution in [0.25, 0.3) is 0 Å². The fraction of sp³-hybridized carbons (Fsp3) is 0.333. The van der Waals surface area contributed by atoms with Gasteiger partial charge in [0, 0.05) is 13.1 Å². The molecule has 112 valence electrons. The number of nitrogens with zero attached hydrogens (tertiary/aromatic N) is 3. The number of rotatable bonds is 1. The van der Waals surface area contributed by atoms with Gasteiger partial charge in [-0.1, -0.05) is 11.3 Å². The average Bonchev–Trinajstić information content (AvgIpc) is 2.89. The normalized spacial score (nSPS) is 15.2.